The van der Waals surface area contributed by atoms with Crippen molar-refractivity contribution in [1.82, 2.24) is 0 Å². The number of hydrogen-bond acceptors (Lipinski definition) is 2. The number of carbonyl (C=O) groups excluding carboxylic acids is 1. The van der Waals surface area contributed by atoms with Gasteiger partial charge in [0, 0.05) is 17.7 Å². The van der Waals surface area contributed by atoms with Gasteiger partial charge in [-0.1, -0.05) is 54.1 Å². The van der Waals surface area contributed by atoms with E-state index in [0.29, 0.717) is 17.9 Å². The van der Waals surface area contributed by atoms with Gasteiger partial charge < -0.3 is 5.32 Å². The number of aryl methyl sites for hydroxylation is 1. The minimum Gasteiger partial charge on any atom is -0.322 e. The maximum atomic E-state index is 12.7. The van der Waals surface area contributed by atoms with Crippen molar-refractivity contribution in [3.63, 3.8) is 0 Å². The monoisotopic (exact) mass is 436 g/mol. The van der Waals surface area contributed by atoms with Crippen molar-refractivity contribution < 1.29 is 4.79 Å². The van der Waals surface area contributed by atoms with Crippen molar-refractivity contribution in [1.29, 1.82) is 5.26 Å². The van der Waals surface area contributed by atoms with Crippen LogP contribution in [0, 0.1) is 24.2 Å². The molecule has 1 aliphatic carbocycles. The maximum Gasteiger partial charge on any atom is 0.255 e. The lowest BCUT2D eigenvalue weighted by atomic mass is 9.77. The molecule has 0 spiro atoms. The number of unbranched alkanes of at least 4 members (excludes halogenated alkanes) is 1. The van der Waals surface area contributed by atoms with E-state index in [4.69, 9.17) is 5.26 Å². The number of hydrogen-bond donors (Lipinski definition) is 1. The Morgan fingerprint density at radius 3 is 2.09 bits per heavy atom. The van der Waals surface area contributed by atoms with Crippen molar-refractivity contribution in [3.05, 3.63) is 89.5 Å². The minimum absolute atomic E-state index is 0.0779. The van der Waals surface area contributed by atoms with Gasteiger partial charge in [-0.15, -0.1) is 0 Å². The van der Waals surface area contributed by atoms with E-state index >= 15 is 0 Å². The summed E-state index contributed by atoms with van der Waals surface area (Å²) in [6.07, 6.45) is 7.80. The molecule has 0 saturated heterocycles. The van der Waals surface area contributed by atoms with Crippen LogP contribution >= 0.6 is 0 Å². The third-order valence-corrected chi connectivity index (χ3v) is 6.92. The number of rotatable bonds is 7. The number of carbonyl (C=O) groups is 1. The molecule has 1 amide bonds. The summed E-state index contributed by atoms with van der Waals surface area (Å²) in [5.41, 5.74) is 6.38. The number of nitriles is 1. The zero-order valence-corrected chi connectivity index (χ0v) is 19.4. The highest BCUT2D eigenvalue weighted by Gasteiger charge is 2.22. The molecule has 3 aromatic rings. The number of benzene rings is 3. The van der Waals surface area contributed by atoms with Gasteiger partial charge in [-0.2, -0.15) is 5.26 Å². The molecule has 0 atom stereocenters. The van der Waals surface area contributed by atoms with Gasteiger partial charge in [0.1, 0.15) is 0 Å². The Kier molecular flexibility index (Phi) is 7.58. The Balaban J connectivity index is 1.30. The average molecular weight is 437 g/mol. The van der Waals surface area contributed by atoms with Gasteiger partial charge in [-0.3, -0.25) is 4.79 Å². The molecule has 0 aromatic heterocycles. The first kappa shape index (κ1) is 22.8. The third kappa shape index (κ3) is 6.11. The summed E-state index contributed by atoms with van der Waals surface area (Å²) in [6, 6.07) is 26.8. The van der Waals surface area contributed by atoms with Crippen LogP contribution in [-0.2, 0) is 0 Å². The summed E-state index contributed by atoms with van der Waals surface area (Å²) in [6.45, 7) is 2.08. The van der Waals surface area contributed by atoms with Crippen LogP contribution in [0.5, 0.6) is 0 Å². The van der Waals surface area contributed by atoms with Crippen LogP contribution in [0.2, 0.25) is 0 Å². The highest BCUT2D eigenvalue weighted by atomic mass is 16.1. The van der Waals surface area contributed by atoms with E-state index in [1.165, 1.54) is 48.8 Å². The smallest absolute Gasteiger partial charge is 0.255 e. The molecule has 168 valence electrons. The van der Waals surface area contributed by atoms with E-state index in [1.807, 2.05) is 36.4 Å². The summed E-state index contributed by atoms with van der Waals surface area (Å²) in [7, 11) is 0. The largest absolute Gasteiger partial charge is 0.322 e. The number of nitrogens with one attached hydrogen (secondary N) is 1. The quantitative estimate of drug-likeness (QED) is 0.383. The molecule has 0 heterocycles. The SMILES string of the molecule is Cc1ccc(-c2ccc(NC(=O)c3ccc(C4CCC(CCCC#N)CC4)cc3)cc2)cc1. The second-order valence-electron chi connectivity index (χ2n) is 9.29. The lowest BCUT2D eigenvalue weighted by molar-refractivity contribution is 0.102. The number of amides is 1. The molecule has 3 heteroatoms. The van der Waals surface area contributed by atoms with Crippen molar-refractivity contribution >= 4 is 11.6 Å². The van der Waals surface area contributed by atoms with Crippen LogP contribution in [0.4, 0.5) is 5.69 Å². The van der Waals surface area contributed by atoms with Gasteiger partial charge in [0.15, 0.2) is 0 Å². The lowest BCUT2D eigenvalue weighted by Gasteiger charge is -2.28. The fraction of sp³-hybridized carbons (Fsp3) is 0.333. The summed E-state index contributed by atoms with van der Waals surface area (Å²) in [4.78, 5) is 12.7. The predicted molar refractivity (Wildman–Crippen MR) is 135 cm³/mol. The molecule has 1 fully saturated rings. The van der Waals surface area contributed by atoms with Crippen LogP contribution in [0.25, 0.3) is 11.1 Å². The van der Waals surface area contributed by atoms with Gasteiger partial charge in [0.2, 0.25) is 0 Å². The first-order chi connectivity index (χ1) is 16.1. The standard InChI is InChI=1S/C30H32N2O/c1-22-5-9-24(10-6-22)27-17-19-29(20-18-27)32-30(33)28-15-13-26(14-16-28)25-11-7-23(8-12-25)4-2-3-21-31/h5-6,9-10,13-20,23,25H,2-4,7-8,11-12H2,1H3,(H,32,33). The molecule has 4 rings (SSSR count). The fourth-order valence-electron chi connectivity index (χ4n) is 4.86. The van der Waals surface area contributed by atoms with Gasteiger partial charge in [0.25, 0.3) is 5.91 Å². The van der Waals surface area contributed by atoms with E-state index in [-0.39, 0.29) is 5.91 Å². The van der Waals surface area contributed by atoms with Crippen LogP contribution in [0.1, 0.15) is 72.3 Å². The normalized spacial score (nSPS) is 17.8. The van der Waals surface area contributed by atoms with E-state index in [9.17, 15) is 4.79 Å². The van der Waals surface area contributed by atoms with Crippen LogP contribution in [0.15, 0.2) is 72.8 Å². The molecule has 0 aliphatic heterocycles. The first-order valence-corrected chi connectivity index (χ1v) is 12.1. The summed E-state index contributed by atoms with van der Waals surface area (Å²) in [5, 5.41) is 11.7. The van der Waals surface area contributed by atoms with Crippen molar-refractivity contribution in [2.24, 2.45) is 5.92 Å². The summed E-state index contributed by atoms with van der Waals surface area (Å²) in [5.74, 6) is 1.28. The van der Waals surface area contributed by atoms with Crippen LogP contribution in [-0.4, -0.2) is 5.91 Å². The summed E-state index contributed by atoms with van der Waals surface area (Å²) >= 11 is 0. The Hall–Kier alpha value is -3.38. The Morgan fingerprint density at radius 1 is 0.879 bits per heavy atom. The molecule has 1 N–H and O–H groups in total. The van der Waals surface area contributed by atoms with Gasteiger partial charge in [0.05, 0.1) is 6.07 Å². The number of anilines is 1. The molecular formula is C30H32N2O. The van der Waals surface area contributed by atoms with Crippen LogP contribution in [0.3, 0.4) is 0 Å². The molecule has 0 unspecified atom stereocenters. The second kappa shape index (κ2) is 11.0. The average Bonchev–Trinajstić information content (AvgIpc) is 2.86. The van der Waals surface area contributed by atoms with E-state index in [0.717, 1.165) is 23.6 Å². The minimum atomic E-state index is -0.0779. The van der Waals surface area contributed by atoms with Gasteiger partial charge >= 0.3 is 0 Å². The third-order valence-electron chi connectivity index (χ3n) is 6.92. The zero-order valence-electron chi connectivity index (χ0n) is 19.4. The Bertz CT molecular complexity index is 1080. The zero-order chi connectivity index (χ0) is 23.0. The van der Waals surface area contributed by atoms with E-state index < -0.39 is 0 Å². The molecule has 0 radical (unpaired) electrons. The van der Waals surface area contributed by atoms with E-state index in [2.05, 4.69) is 54.7 Å². The first-order valence-electron chi connectivity index (χ1n) is 12.1. The number of nitrogens with zero attached hydrogens (tertiary/aromatic N) is 1. The van der Waals surface area contributed by atoms with Crippen molar-refractivity contribution in [2.75, 3.05) is 5.32 Å². The highest BCUT2D eigenvalue weighted by molar-refractivity contribution is 6.04. The molecule has 1 aliphatic rings. The molecule has 3 aromatic carbocycles. The second-order valence-corrected chi connectivity index (χ2v) is 9.29. The Labute approximate surface area is 197 Å². The van der Waals surface area contributed by atoms with Crippen molar-refractivity contribution in [2.45, 2.75) is 57.8 Å². The predicted octanol–water partition coefficient (Wildman–Crippen LogP) is 7.88. The fourth-order valence-corrected chi connectivity index (χ4v) is 4.86. The van der Waals surface area contributed by atoms with Gasteiger partial charge in [-0.05, 0) is 98.2 Å². The molecular weight excluding hydrogens is 404 g/mol. The molecule has 1 saturated carbocycles. The Morgan fingerprint density at radius 2 is 1.48 bits per heavy atom. The summed E-state index contributed by atoms with van der Waals surface area (Å²) < 4.78 is 0. The lowest BCUT2D eigenvalue weighted by Crippen LogP contribution is -2.14. The van der Waals surface area contributed by atoms with Crippen molar-refractivity contribution in [3.8, 4) is 17.2 Å². The maximum absolute atomic E-state index is 12.7. The highest BCUT2D eigenvalue weighted by Crippen LogP contribution is 2.37. The topological polar surface area (TPSA) is 52.9 Å². The molecule has 0 bridgehead atoms. The van der Waals surface area contributed by atoms with Gasteiger partial charge in [-0.25, -0.2) is 0 Å². The van der Waals surface area contributed by atoms with E-state index in [1.54, 1.807) is 0 Å². The molecule has 3 nitrogen and oxygen atoms in total. The van der Waals surface area contributed by atoms with Crippen LogP contribution < -0.4 is 5.32 Å². The molecule has 33 heavy (non-hydrogen) atoms.